The average molecular weight is 1270 g/mol. The zero-order chi connectivity index (χ0) is 62.7. The number of rotatable bonds is 12. The minimum absolute atomic E-state index is 0.0963. The number of fused-ring (bicyclic) bond motifs is 1. The Morgan fingerprint density at radius 1 is 0.511 bits per heavy atom. The van der Waals surface area contributed by atoms with E-state index in [1.165, 1.54) is 18.5 Å². The normalized spacial score (nSPS) is 19.0. The van der Waals surface area contributed by atoms with Crippen LogP contribution in [0.3, 0.4) is 0 Å². The Balaban J connectivity index is 0.794. The first-order valence-corrected chi connectivity index (χ1v) is 30.6. The molecule has 20 heteroatoms. The molecule has 4 atom stereocenters. The van der Waals surface area contributed by atoms with Crippen molar-refractivity contribution < 1.29 is 46.4 Å². The number of anilines is 1. The van der Waals surface area contributed by atoms with E-state index in [0.717, 1.165) is 64.7 Å². The van der Waals surface area contributed by atoms with Crippen molar-refractivity contribution in [2.75, 3.05) is 18.0 Å². The van der Waals surface area contributed by atoms with Crippen molar-refractivity contribution in [3.8, 4) is 66.8 Å². The van der Waals surface area contributed by atoms with E-state index in [2.05, 4.69) is 25.8 Å². The number of imide groups is 3. The van der Waals surface area contributed by atoms with E-state index in [0.29, 0.717) is 93.8 Å². The van der Waals surface area contributed by atoms with Gasteiger partial charge in [-0.2, -0.15) is 13.2 Å². The van der Waals surface area contributed by atoms with Gasteiger partial charge in [0, 0.05) is 83.5 Å². The molecule has 4 unspecified atom stereocenters. The number of amides is 6. The maximum absolute atomic E-state index is 13.7. The van der Waals surface area contributed by atoms with Crippen LogP contribution in [0.25, 0.3) is 77.9 Å². The van der Waals surface area contributed by atoms with Gasteiger partial charge in [0.25, 0.3) is 5.56 Å². The van der Waals surface area contributed by atoms with Crippen molar-refractivity contribution in [3.05, 3.63) is 200 Å². The molecule has 7 aromatic carbocycles. The number of halogens is 6. The minimum atomic E-state index is -4.58. The Hall–Kier alpha value is -9.16. The summed E-state index contributed by atoms with van der Waals surface area (Å²) in [5.41, 5.74) is 11.7. The second kappa shape index (κ2) is 24.3. The summed E-state index contributed by atoms with van der Waals surface area (Å²) in [7, 11) is 0. The third kappa shape index (κ3) is 11.6. The molecule has 14 nitrogen and oxygen atoms in total. The Labute approximate surface area is 528 Å². The van der Waals surface area contributed by atoms with E-state index in [-0.39, 0.29) is 67.2 Å². The number of alkyl halides is 3. The maximum Gasteiger partial charge on any atom is 0.406 e. The number of aromatic nitrogens is 2. The van der Waals surface area contributed by atoms with E-state index in [4.69, 9.17) is 39.2 Å². The minimum Gasteiger partial charge on any atom is -0.443 e. The number of hydrogen-bond acceptors (Lipinski definition) is 10. The molecule has 0 radical (unpaired) electrons. The third-order valence-corrected chi connectivity index (χ3v) is 19.0. The number of carbonyl (C=O) groups excluding carboxylic acids is 6. The summed E-state index contributed by atoms with van der Waals surface area (Å²) in [5, 5.41) is 8.56. The molecule has 6 heterocycles. The van der Waals surface area contributed by atoms with Gasteiger partial charge in [0.2, 0.25) is 35.4 Å². The van der Waals surface area contributed by atoms with E-state index >= 15 is 0 Å². The lowest BCUT2D eigenvalue weighted by Gasteiger charge is -2.37. The highest BCUT2D eigenvalue weighted by Gasteiger charge is 2.37. The highest BCUT2D eigenvalue weighted by Crippen LogP contribution is 2.47. The smallest absolute Gasteiger partial charge is 0.406 e. The fourth-order valence-corrected chi connectivity index (χ4v) is 14.4. The van der Waals surface area contributed by atoms with Crippen molar-refractivity contribution in [2.24, 2.45) is 0 Å². The number of piperidine rings is 4. The molecule has 13 rings (SSSR count). The van der Waals surface area contributed by atoms with E-state index in [9.17, 15) is 46.7 Å². The SMILES string of the molecule is O=C1CCC(c2cccc(-c3ccc(-c4ccc(-c5cc(-c6ccc(N7CCCC(c8ccc(-c9ccc(-c%10cccn(CC(F)(F)F)c%10=O)cc9)c(Cl)c8C8CCC(=O)NC8=O)C7)cc6)c(Cl)c(C6CCC(=O)NC6=O)c5)c5ocnc45)cc3)c2Cl)C(=O)N1. The van der Waals surface area contributed by atoms with Gasteiger partial charge < -0.3 is 13.9 Å². The predicted molar refractivity (Wildman–Crippen MR) is 338 cm³/mol. The Morgan fingerprint density at radius 3 is 1.66 bits per heavy atom. The molecule has 9 aromatic rings. The highest BCUT2D eigenvalue weighted by atomic mass is 35.5. The summed E-state index contributed by atoms with van der Waals surface area (Å²) in [6.07, 6.45) is 0.847. The number of benzene rings is 7. The zero-order valence-electron chi connectivity index (χ0n) is 47.9. The fraction of sp³-hybridized carbons (Fsp3) is 0.229. The van der Waals surface area contributed by atoms with Crippen LogP contribution in [-0.4, -0.2) is 64.3 Å². The number of hydrogen-bond donors (Lipinski definition) is 3. The topological polar surface area (TPSA) is 190 Å². The summed E-state index contributed by atoms with van der Waals surface area (Å²) < 4.78 is 46.6. The summed E-state index contributed by atoms with van der Waals surface area (Å²) in [5.74, 6) is -4.39. The monoisotopic (exact) mass is 1270 g/mol. The van der Waals surface area contributed by atoms with Gasteiger partial charge in [-0.1, -0.05) is 132 Å². The van der Waals surface area contributed by atoms with Crippen LogP contribution >= 0.6 is 34.8 Å². The third-order valence-electron chi connectivity index (χ3n) is 17.7. The van der Waals surface area contributed by atoms with Gasteiger partial charge >= 0.3 is 6.18 Å². The van der Waals surface area contributed by atoms with Crippen LogP contribution in [0.4, 0.5) is 18.9 Å². The Kier molecular flexibility index (Phi) is 16.2. The van der Waals surface area contributed by atoms with Crippen molar-refractivity contribution in [1.29, 1.82) is 0 Å². The van der Waals surface area contributed by atoms with Gasteiger partial charge in [-0.3, -0.25) is 49.5 Å². The predicted octanol–water partition coefficient (Wildman–Crippen LogP) is 14.5. The zero-order valence-corrected chi connectivity index (χ0v) is 50.2. The van der Waals surface area contributed by atoms with Crippen LogP contribution in [0, 0.1) is 0 Å². The molecule has 4 saturated heterocycles. The van der Waals surface area contributed by atoms with Crippen LogP contribution in [0.15, 0.2) is 161 Å². The first-order chi connectivity index (χ1) is 43.3. The molecule has 4 aliphatic heterocycles. The van der Waals surface area contributed by atoms with Gasteiger partial charge in [0.15, 0.2) is 12.0 Å². The second-order valence-electron chi connectivity index (χ2n) is 23.2. The van der Waals surface area contributed by atoms with Gasteiger partial charge in [0.05, 0.1) is 32.8 Å². The molecule has 4 aliphatic rings. The Bertz CT molecular complexity index is 4490. The van der Waals surface area contributed by atoms with Crippen LogP contribution in [0.2, 0.25) is 15.1 Å². The molecule has 90 heavy (non-hydrogen) atoms. The number of oxazole rings is 1. The van der Waals surface area contributed by atoms with Crippen molar-refractivity contribution in [2.45, 2.75) is 87.8 Å². The lowest BCUT2D eigenvalue weighted by molar-refractivity contribution is -0.141. The molecular weight excluding hydrogens is 1220 g/mol. The lowest BCUT2D eigenvalue weighted by atomic mass is 9.79. The standard InChI is InChI=1S/C70H54Cl3F3N6O8/c71-61-46(5-1-6-51(61)52-24-27-57(83)78-66(52)86)37-8-12-39(13-9-37)48-22-23-49(65-64(48)77-36-90-65)43-32-55(62(72)56(33-43)53-25-28-58(84)79-67(53)87)41-16-18-44(19-17-41)81-30-2-4-42(34-81)45-20-21-47(63(73)60(45)54-26-29-59(85)80-68(54)88)38-10-14-40(15-11-38)50-7-3-31-82(69(50)89)35-70(74,75)76/h1,3,5-23,31-33,36,42,52-54H,2,4,24-30,34-35H2,(H,78,83,86)(H,79,84,87)(H,80,85,88). The van der Waals surface area contributed by atoms with Gasteiger partial charge in [0.1, 0.15) is 12.1 Å². The first-order valence-electron chi connectivity index (χ1n) is 29.5. The molecule has 4 fully saturated rings. The number of carbonyl (C=O) groups is 6. The van der Waals surface area contributed by atoms with Crippen LogP contribution in [-0.2, 0) is 35.3 Å². The fourth-order valence-electron chi connectivity index (χ4n) is 13.3. The molecule has 3 N–H and O–H groups in total. The molecule has 454 valence electrons. The van der Waals surface area contributed by atoms with Crippen LogP contribution in [0.1, 0.15) is 97.3 Å². The lowest BCUT2D eigenvalue weighted by Crippen LogP contribution is -2.40. The van der Waals surface area contributed by atoms with Gasteiger partial charge in [-0.05, 0) is 130 Å². The van der Waals surface area contributed by atoms with Gasteiger partial charge in [-0.15, -0.1) is 0 Å². The molecule has 0 aliphatic carbocycles. The molecular formula is C70H54Cl3F3N6O8. The first kappa shape index (κ1) is 59.8. The number of pyridine rings is 1. The van der Waals surface area contributed by atoms with Crippen LogP contribution < -0.4 is 26.4 Å². The summed E-state index contributed by atoms with van der Waals surface area (Å²) in [4.78, 5) is 97.1. The van der Waals surface area contributed by atoms with Crippen molar-refractivity contribution in [1.82, 2.24) is 25.5 Å². The molecule has 0 spiro atoms. The maximum atomic E-state index is 13.7. The molecule has 0 saturated carbocycles. The average Bonchev–Trinajstić information content (AvgIpc) is 1.19. The van der Waals surface area contributed by atoms with E-state index < -0.39 is 47.8 Å². The molecule has 6 amide bonds. The molecule has 0 bridgehead atoms. The van der Waals surface area contributed by atoms with Crippen molar-refractivity contribution >= 4 is 87.0 Å². The van der Waals surface area contributed by atoms with Crippen molar-refractivity contribution in [3.63, 3.8) is 0 Å². The number of nitrogens with zero attached hydrogens (tertiary/aromatic N) is 3. The number of nitrogens with one attached hydrogen (secondary N) is 3. The van der Waals surface area contributed by atoms with Gasteiger partial charge in [-0.25, -0.2) is 4.98 Å². The Morgan fingerprint density at radius 2 is 1.03 bits per heavy atom. The quantitative estimate of drug-likeness (QED) is 0.0993. The summed E-state index contributed by atoms with van der Waals surface area (Å²) in [6, 6.07) is 42.6. The molecule has 2 aromatic heterocycles. The summed E-state index contributed by atoms with van der Waals surface area (Å²) in [6.45, 7) is -0.134. The van der Waals surface area contributed by atoms with E-state index in [1.807, 2.05) is 103 Å². The highest BCUT2D eigenvalue weighted by molar-refractivity contribution is 6.36. The van der Waals surface area contributed by atoms with Crippen LogP contribution in [0.5, 0.6) is 0 Å². The largest absolute Gasteiger partial charge is 0.443 e. The summed E-state index contributed by atoms with van der Waals surface area (Å²) >= 11 is 21.8. The second-order valence-corrected chi connectivity index (χ2v) is 24.4. The van der Waals surface area contributed by atoms with E-state index in [1.54, 1.807) is 24.3 Å².